The van der Waals surface area contributed by atoms with Crippen LogP contribution < -0.4 is 5.56 Å². The number of fused-ring (bicyclic) bond motifs is 1. The highest BCUT2D eigenvalue weighted by molar-refractivity contribution is 5.29. The van der Waals surface area contributed by atoms with E-state index < -0.39 is 0 Å². The van der Waals surface area contributed by atoms with E-state index >= 15 is 0 Å². The number of aromatic amines is 1. The topological polar surface area (TPSA) is 70.1 Å². The lowest BCUT2D eigenvalue weighted by atomic mass is 10.2. The molecule has 7 heteroatoms. The second-order valence-electron chi connectivity index (χ2n) is 7.13. The summed E-state index contributed by atoms with van der Waals surface area (Å²) in [6, 6.07) is 3.37. The van der Waals surface area contributed by atoms with Gasteiger partial charge in [0, 0.05) is 51.0 Å². The fourth-order valence-electron chi connectivity index (χ4n) is 3.85. The van der Waals surface area contributed by atoms with Crippen molar-refractivity contribution in [3.05, 3.63) is 45.1 Å². The van der Waals surface area contributed by atoms with E-state index in [2.05, 4.69) is 25.1 Å². The Balaban J connectivity index is 1.27. The van der Waals surface area contributed by atoms with Crippen LogP contribution in [0.15, 0.2) is 16.9 Å². The van der Waals surface area contributed by atoms with Crippen LogP contribution in [0.3, 0.4) is 0 Å². The second kappa shape index (κ2) is 7.09. The molecule has 0 aromatic carbocycles. The number of H-pyrrole nitrogens is 1. The fraction of sp³-hybridized carbons (Fsp3) is 0.611. The minimum absolute atomic E-state index is 0.0170. The Morgan fingerprint density at radius 2 is 1.88 bits per heavy atom. The van der Waals surface area contributed by atoms with E-state index in [1.165, 1.54) is 29.8 Å². The molecular weight excluding hydrogens is 316 g/mol. The summed E-state index contributed by atoms with van der Waals surface area (Å²) in [4.78, 5) is 16.7. The normalized spacial score (nSPS) is 18.6. The van der Waals surface area contributed by atoms with E-state index in [0.717, 1.165) is 51.4 Å². The van der Waals surface area contributed by atoms with Crippen LogP contribution in [0.2, 0.25) is 0 Å². The van der Waals surface area contributed by atoms with E-state index in [0.29, 0.717) is 6.54 Å². The van der Waals surface area contributed by atoms with Crippen LogP contribution in [-0.2, 0) is 25.9 Å². The number of hydrogen-bond acceptors (Lipinski definition) is 5. The van der Waals surface area contributed by atoms with Crippen LogP contribution in [-0.4, -0.2) is 62.5 Å². The van der Waals surface area contributed by atoms with Crippen LogP contribution >= 0.6 is 0 Å². The van der Waals surface area contributed by atoms with Crippen LogP contribution in [0, 0.1) is 6.92 Å². The predicted octanol–water partition coefficient (Wildman–Crippen LogP) is 0.581. The number of aryl methyl sites for hydroxylation is 2. The Morgan fingerprint density at radius 1 is 1.08 bits per heavy atom. The highest BCUT2D eigenvalue weighted by Gasteiger charge is 2.22. The van der Waals surface area contributed by atoms with Gasteiger partial charge in [0.25, 0.3) is 5.56 Å². The van der Waals surface area contributed by atoms with Gasteiger partial charge in [-0.05, 0) is 37.8 Å². The Labute approximate surface area is 147 Å². The first-order valence-electron chi connectivity index (χ1n) is 9.23. The third kappa shape index (κ3) is 3.67. The molecule has 0 spiro atoms. The first-order chi connectivity index (χ1) is 12.2. The standard InChI is InChI=1S/C18H26N6O/c1-14-5-6-18(25)24(21-14)12-11-22-7-9-23(10-8-22)13-17-15-3-2-4-16(15)19-20-17/h5-6H,2-4,7-13H2,1H3,(H,19,20). The zero-order valence-electron chi connectivity index (χ0n) is 14.9. The van der Waals surface area contributed by atoms with Gasteiger partial charge in [0.15, 0.2) is 0 Å². The van der Waals surface area contributed by atoms with Crippen LogP contribution in [0.25, 0.3) is 0 Å². The smallest absolute Gasteiger partial charge is 0.266 e. The van der Waals surface area contributed by atoms with Crippen molar-refractivity contribution in [2.75, 3.05) is 32.7 Å². The summed E-state index contributed by atoms with van der Waals surface area (Å²) < 4.78 is 1.58. The second-order valence-corrected chi connectivity index (χ2v) is 7.13. The molecule has 0 atom stereocenters. The molecule has 2 aromatic heterocycles. The summed E-state index contributed by atoms with van der Waals surface area (Å²) in [7, 11) is 0. The molecule has 1 aliphatic carbocycles. The molecule has 1 saturated heterocycles. The average Bonchev–Trinajstić information content (AvgIpc) is 3.22. The number of piperazine rings is 1. The highest BCUT2D eigenvalue weighted by atomic mass is 16.1. The van der Waals surface area contributed by atoms with E-state index in [-0.39, 0.29) is 5.56 Å². The number of aromatic nitrogens is 4. The van der Waals surface area contributed by atoms with Gasteiger partial charge in [-0.2, -0.15) is 10.2 Å². The van der Waals surface area contributed by atoms with Crippen molar-refractivity contribution >= 4 is 0 Å². The molecule has 0 bridgehead atoms. The molecule has 1 aliphatic heterocycles. The van der Waals surface area contributed by atoms with Gasteiger partial charge in [0.2, 0.25) is 0 Å². The Kier molecular flexibility index (Phi) is 4.67. The first-order valence-corrected chi connectivity index (χ1v) is 9.23. The molecule has 1 fully saturated rings. The maximum absolute atomic E-state index is 11.8. The SMILES string of the molecule is Cc1ccc(=O)n(CCN2CCN(Cc3n[nH]c4c3CCC4)CC2)n1. The molecule has 25 heavy (non-hydrogen) atoms. The highest BCUT2D eigenvalue weighted by Crippen LogP contribution is 2.23. The number of nitrogens with one attached hydrogen (secondary N) is 1. The van der Waals surface area contributed by atoms with Gasteiger partial charge < -0.3 is 0 Å². The van der Waals surface area contributed by atoms with E-state index in [1.807, 2.05) is 6.92 Å². The maximum atomic E-state index is 11.8. The monoisotopic (exact) mass is 342 g/mol. The van der Waals surface area contributed by atoms with Crippen molar-refractivity contribution in [3.63, 3.8) is 0 Å². The van der Waals surface area contributed by atoms with Crippen LogP contribution in [0.1, 0.15) is 29.1 Å². The van der Waals surface area contributed by atoms with E-state index in [9.17, 15) is 4.79 Å². The molecule has 0 unspecified atom stereocenters. The lowest BCUT2D eigenvalue weighted by Gasteiger charge is -2.34. The van der Waals surface area contributed by atoms with Crippen molar-refractivity contribution in [1.29, 1.82) is 0 Å². The van der Waals surface area contributed by atoms with E-state index in [4.69, 9.17) is 0 Å². The Bertz CT molecular complexity index is 787. The summed E-state index contributed by atoms with van der Waals surface area (Å²) in [6.07, 6.45) is 3.60. The van der Waals surface area contributed by atoms with Gasteiger partial charge in [-0.15, -0.1) is 0 Å². The van der Waals surface area contributed by atoms with Crippen molar-refractivity contribution in [2.24, 2.45) is 0 Å². The predicted molar refractivity (Wildman–Crippen MR) is 95.6 cm³/mol. The van der Waals surface area contributed by atoms with E-state index in [1.54, 1.807) is 16.8 Å². The lowest BCUT2D eigenvalue weighted by Crippen LogP contribution is -2.47. The van der Waals surface area contributed by atoms with Gasteiger partial charge in [-0.1, -0.05) is 0 Å². The minimum Gasteiger partial charge on any atom is -0.299 e. The zero-order valence-corrected chi connectivity index (χ0v) is 14.9. The fourth-order valence-corrected chi connectivity index (χ4v) is 3.85. The molecular formula is C18H26N6O. The van der Waals surface area contributed by atoms with Crippen molar-refractivity contribution in [1.82, 2.24) is 29.8 Å². The van der Waals surface area contributed by atoms with Crippen molar-refractivity contribution < 1.29 is 0 Å². The molecule has 134 valence electrons. The quantitative estimate of drug-likeness (QED) is 0.861. The Morgan fingerprint density at radius 3 is 2.72 bits per heavy atom. The maximum Gasteiger partial charge on any atom is 0.266 e. The number of rotatable bonds is 5. The van der Waals surface area contributed by atoms with Crippen LogP contribution in [0.5, 0.6) is 0 Å². The third-order valence-corrected chi connectivity index (χ3v) is 5.36. The summed E-state index contributed by atoms with van der Waals surface area (Å²) in [5, 5.41) is 12.0. The number of hydrogen-bond donors (Lipinski definition) is 1. The summed E-state index contributed by atoms with van der Waals surface area (Å²) in [5.41, 5.74) is 4.93. The summed E-state index contributed by atoms with van der Waals surface area (Å²) in [6.45, 7) is 8.59. The largest absolute Gasteiger partial charge is 0.299 e. The van der Waals surface area contributed by atoms with Gasteiger partial charge in [-0.3, -0.25) is 19.7 Å². The zero-order chi connectivity index (χ0) is 17.2. The van der Waals surface area contributed by atoms with Crippen molar-refractivity contribution in [2.45, 2.75) is 39.3 Å². The van der Waals surface area contributed by atoms with Crippen LogP contribution in [0.4, 0.5) is 0 Å². The third-order valence-electron chi connectivity index (χ3n) is 5.36. The molecule has 0 amide bonds. The molecule has 2 aliphatic rings. The first kappa shape index (κ1) is 16.5. The summed E-state index contributed by atoms with van der Waals surface area (Å²) >= 11 is 0. The molecule has 2 aromatic rings. The lowest BCUT2D eigenvalue weighted by molar-refractivity contribution is 0.121. The van der Waals surface area contributed by atoms with Gasteiger partial charge in [-0.25, -0.2) is 4.68 Å². The molecule has 7 nitrogen and oxygen atoms in total. The molecule has 3 heterocycles. The summed E-state index contributed by atoms with van der Waals surface area (Å²) in [5.74, 6) is 0. The molecule has 1 N–H and O–H groups in total. The minimum atomic E-state index is -0.0170. The van der Waals surface area contributed by atoms with Crippen molar-refractivity contribution in [3.8, 4) is 0 Å². The van der Waals surface area contributed by atoms with Gasteiger partial charge in [0.1, 0.15) is 0 Å². The number of nitrogens with zero attached hydrogens (tertiary/aromatic N) is 5. The average molecular weight is 342 g/mol. The molecule has 0 saturated carbocycles. The molecule has 4 rings (SSSR count). The van der Waals surface area contributed by atoms with Gasteiger partial charge in [0.05, 0.1) is 17.9 Å². The molecule has 0 radical (unpaired) electrons. The van der Waals surface area contributed by atoms with Gasteiger partial charge >= 0.3 is 0 Å². The Hall–Kier alpha value is -1.99.